The van der Waals surface area contributed by atoms with Crippen molar-refractivity contribution in [2.24, 2.45) is 0 Å². The van der Waals surface area contributed by atoms with Crippen LogP contribution in [0.2, 0.25) is 0 Å². The van der Waals surface area contributed by atoms with E-state index in [9.17, 15) is 9.18 Å². The Labute approximate surface area is 106 Å². The van der Waals surface area contributed by atoms with Crippen molar-refractivity contribution >= 4 is 11.6 Å². The smallest absolute Gasteiger partial charge is 0.239 e. The highest BCUT2D eigenvalue weighted by Crippen LogP contribution is 2.13. The molecule has 1 amide bonds. The quantitative estimate of drug-likeness (QED) is 0.861. The van der Waals surface area contributed by atoms with E-state index in [-0.39, 0.29) is 23.6 Å². The van der Waals surface area contributed by atoms with E-state index in [2.05, 4.69) is 10.6 Å². The molecule has 1 aromatic carbocycles. The van der Waals surface area contributed by atoms with Crippen LogP contribution in [0.1, 0.15) is 26.3 Å². The molecule has 0 fully saturated rings. The second kappa shape index (κ2) is 5.50. The molecule has 0 aliphatic carbocycles. The molecule has 0 aromatic heterocycles. The van der Waals surface area contributed by atoms with E-state index >= 15 is 0 Å². The molecule has 5 heteroatoms. The molecule has 0 unspecified atom stereocenters. The van der Waals surface area contributed by atoms with Gasteiger partial charge in [-0.2, -0.15) is 5.26 Å². The number of carbonyl (C=O) groups excluding carboxylic acids is 1. The summed E-state index contributed by atoms with van der Waals surface area (Å²) in [5.41, 5.74) is 0.157. The molecule has 0 aliphatic heterocycles. The van der Waals surface area contributed by atoms with Crippen LogP contribution in [0.5, 0.6) is 0 Å². The van der Waals surface area contributed by atoms with Crippen molar-refractivity contribution in [2.75, 3.05) is 11.9 Å². The first kappa shape index (κ1) is 14.0. The monoisotopic (exact) mass is 249 g/mol. The third kappa shape index (κ3) is 4.42. The fraction of sp³-hybridized carbons (Fsp3) is 0.385. The van der Waals surface area contributed by atoms with Gasteiger partial charge in [-0.3, -0.25) is 4.79 Å². The van der Waals surface area contributed by atoms with Gasteiger partial charge in [-0.1, -0.05) is 0 Å². The number of benzene rings is 1. The van der Waals surface area contributed by atoms with Crippen molar-refractivity contribution in [1.82, 2.24) is 5.32 Å². The van der Waals surface area contributed by atoms with Crippen molar-refractivity contribution in [3.63, 3.8) is 0 Å². The fourth-order valence-electron chi connectivity index (χ4n) is 1.36. The molecule has 1 aromatic rings. The van der Waals surface area contributed by atoms with Gasteiger partial charge < -0.3 is 10.6 Å². The second-order valence-electron chi connectivity index (χ2n) is 4.96. The van der Waals surface area contributed by atoms with Crippen LogP contribution in [0.15, 0.2) is 18.2 Å². The predicted molar refractivity (Wildman–Crippen MR) is 67.5 cm³/mol. The normalized spacial score (nSPS) is 10.6. The lowest BCUT2D eigenvalue weighted by Crippen LogP contribution is -2.43. The minimum Gasteiger partial charge on any atom is -0.376 e. The van der Waals surface area contributed by atoms with Crippen molar-refractivity contribution in [3.05, 3.63) is 29.6 Å². The van der Waals surface area contributed by atoms with Crippen LogP contribution in [0.3, 0.4) is 0 Å². The van der Waals surface area contributed by atoms with Crippen LogP contribution in [0.4, 0.5) is 10.1 Å². The molecule has 18 heavy (non-hydrogen) atoms. The summed E-state index contributed by atoms with van der Waals surface area (Å²) in [6.07, 6.45) is 0. The molecule has 0 heterocycles. The molecule has 0 radical (unpaired) electrons. The summed E-state index contributed by atoms with van der Waals surface area (Å²) in [5, 5.41) is 14.2. The van der Waals surface area contributed by atoms with Gasteiger partial charge in [-0.05, 0) is 39.0 Å². The summed E-state index contributed by atoms with van der Waals surface area (Å²) in [4.78, 5) is 11.5. The number of rotatable bonds is 3. The standard InChI is InChI=1S/C13H16FN3O/c1-13(2,3)17-12(18)8-16-10-5-4-9(7-15)11(14)6-10/h4-6,16H,8H2,1-3H3,(H,17,18). The van der Waals surface area contributed by atoms with Crippen LogP contribution >= 0.6 is 0 Å². The fourth-order valence-corrected chi connectivity index (χ4v) is 1.36. The Hall–Kier alpha value is -2.09. The van der Waals surface area contributed by atoms with Gasteiger partial charge in [-0.15, -0.1) is 0 Å². The van der Waals surface area contributed by atoms with Crippen LogP contribution in [0, 0.1) is 17.1 Å². The average molecular weight is 249 g/mol. The highest BCUT2D eigenvalue weighted by Gasteiger charge is 2.13. The highest BCUT2D eigenvalue weighted by atomic mass is 19.1. The van der Waals surface area contributed by atoms with E-state index in [4.69, 9.17) is 5.26 Å². The van der Waals surface area contributed by atoms with Crippen LogP contribution < -0.4 is 10.6 Å². The molecule has 4 nitrogen and oxygen atoms in total. The van der Waals surface area contributed by atoms with Crippen molar-refractivity contribution < 1.29 is 9.18 Å². The van der Waals surface area contributed by atoms with Gasteiger partial charge in [0.05, 0.1) is 12.1 Å². The van der Waals surface area contributed by atoms with Gasteiger partial charge in [-0.25, -0.2) is 4.39 Å². The largest absolute Gasteiger partial charge is 0.376 e. The zero-order valence-corrected chi connectivity index (χ0v) is 10.7. The zero-order chi connectivity index (χ0) is 13.8. The Bertz CT molecular complexity index is 486. The third-order valence-corrected chi connectivity index (χ3v) is 2.06. The molecule has 0 aliphatic rings. The average Bonchev–Trinajstić information content (AvgIpc) is 2.24. The van der Waals surface area contributed by atoms with Crippen molar-refractivity contribution in [1.29, 1.82) is 5.26 Å². The maximum Gasteiger partial charge on any atom is 0.239 e. The Kier molecular flexibility index (Phi) is 4.27. The maximum atomic E-state index is 13.3. The third-order valence-electron chi connectivity index (χ3n) is 2.06. The number of anilines is 1. The number of carbonyl (C=O) groups is 1. The zero-order valence-electron chi connectivity index (χ0n) is 10.7. The summed E-state index contributed by atoms with van der Waals surface area (Å²) >= 11 is 0. The van der Waals surface area contributed by atoms with Gasteiger partial charge in [0, 0.05) is 11.2 Å². The molecular formula is C13H16FN3O. The first-order chi connectivity index (χ1) is 8.31. The second-order valence-corrected chi connectivity index (χ2v) is 4.96. The number of amides is 1. The lowest BCUT2D eigenvalue weighted by Gasteiger charge is -2.20. The summed E-state index contributed by atoms with van der Waals surface area (Å²) in [7, 11) is 0. The lowest BCUT2D eigenvalue weighted by molar-refractivity contribution is -0.120. The molecule has 0 bridgehead atoms. The predicted octanol–water partition coefficient (Wildman–Crippen LogP) is 2.02. The van der Waals surface area contributed by atoms with Crippen LogP contribution in [0.25, 0.3) is 0 Å². The molecule has 96 valence electrons. The van der Waals surface area contributed by atoms with E-state index in [0.717, 1.165) is 0 Å². The van der Waals surface area contributed by atoms with Gasteiger partial charge in [0.25, 0.3) is 0 Å². The molecule has 0 saturated carbocycles. The van der Waals surface area contributed by atoms with Gasteiger partial charge in [0.1, 0.15) is 11.9 Å². The number of nitrogens with one attached hydrogen (secondary N) is 2. The van der Waals surface area contributed by atoms with E-state index in [1.54, 1.807) is 12.1 Å². The first-order valence-corrected chi connectivity index (χ1v) is 5.56. The SMILES string of the molecule is CC(C)(C)NC(=O)CNc1ccc(C#N)c(F)c1. The van der Waals surface area contributed by atoms with Crippen LogP contribution in [-0.4, -0.2) is 18.0 Å². The van der Waals surface area contributed by atoms with Crippen molar-refractivity contribution in [3.8, 4) is 6.07 Å². The van der Waals surface area contributed by atoms with E-state index in [1.165, 1.54) is 12.1 Å². The molecular weight excluding hydrogens is 233 g/mol. The summed E-state index contributed by atoms with van der Waals surface area (Å²) < 4.78 is 13.3. The molecule has 2 N–H and O–H groups in total. The summed E-state index contributed by atoms with van der Waals surface area (Å²) in [6.45, 7) is 5.70. The van der Waals surface area contributed by atoms with Gasteiger partial charge in [0.15, 0.2) is 0 Å². The number of halogens is 1. The van der Waals surface area contributed by atoms with E-state index in [0.29, 0.717) is 5.69 Å². The van der Waals surface area contributed by atoms with E-state index < -0.39 is 5.82 Å². The molecule has 0 spiro atoms. The Balaban J connectivity index is 2.57. The number of hydrogen-bond acceptors (Lipinski definition) is 3. The van der Waals surface area contributed by atoms with E-state index in [1.807, 2.05) is 20.8 Å². The molecule has 0 saturated heterocycles. The van der Waals surface area contributed by atoms with Crippen LogP contribution in [-0.2, 0) is 4.79 Å². The summed E-state index contributed by atoms with van der Waals surface area (Å²) in [6, 6.07) is 5.87. The Morgan fingerprint density at radius 2 is 2.11 bits per heavy atom. The number of nitrogens with zero attached hydrogens (tertiary/aromatic N) is 1. The van der Waals surface area contributed by atoms with Crippen molar-refractivity contribution in [2.45, 2.75) is 26.3 Å². The molecule has 0 atom stereocenters. The van der Waals surface area contributed by atoms with Gasteiger partial charge in [0.2, 0.25) is 5.91 Å². The minimum absolute atomic E-state index is 0.0142. The summed E-state index contributed by atoms with van der Waals surface area (Å²) in [5.74, 6) is -0.772. The highest BCUT2D eigenvalue weighted by molar-refractivity contribution is 5.81. The maximum absolute atomic E-state index is 13.3. The Morgan fingerprint density at radius 3 is 2.61 bits per heavy atom. The number of hydrogen-bond donors (Lipinski definition) is 2. The lowest BCUT2D eigenvalue weighted by atomic mass is 10.1. The Morgan fingerprint density at radius 1 is 1.44 bits per heavy atom. The number of nitriles is 1. The molecule has 1 rings (SSSR count). The first-order valence-electron chi connectivity index (χ1n) is 5.56. The van der Waals surface area contributed by atoms with Gasteiger partial charge >= 0.3 is 0 Å². The topological polar surface area (TPSA) is 64.9 Å². The minimum atomic E-state index is -0.598.